The van der Waals surface area contributed by atoms with Gasteiger partial charge in [0, 0.05) is 32.0 Å². The van der Waals surface area contributed by atoms with E-state index < -0.39 is 0 Å². The second-order valence-electron chi connectivity index (χ2n) is 3.07. The van der Waals surface area contributed by atoms with Crippen LogP contribution < -0.4 is 5.73 Å². The molecular formula is C9H22N2OS. The van der Waals surface area contributed by atoms with Crippen LogP contribution in [-0.2, 0) is 4.74 Å². The van der Waals surface area contributed by atoms with Crippen molar-refractivity contribution in [2.75, 3.05) is 45.3 Å². The van der Waals surface area contributed by atoms with Crippen molar-refractivity contribution >= 4 is 11.8 Å². The molecule has 0 aliphatic carbocycles. The Hall–Kier alpha value is 0.230. The van der Waals surface area contributed by atoms with E-state index in [1.54, 1.807) is 0 Å². The number of hydrogen-bond acceptors (Lipinski definition) is 4. The monoisotopic (exact) mass is 206 g/mol. The number of thioether (sulfide) groups is 1. The quantitative estimate of drug-likeness (QED) is 0.633. The molecule has 0 aromatic rings. The Labute approximate surface area is 86.0 Å². The lowest BCUT2D eigenvalue weighted by atomic mass is 10.3. The standard InChI is InChI=1S/C9H22N2OS/c1-4-12-9(7-10)8-11(2)5-6-13-3/h9H,4-8,10H2,1-3H3. The highest BCUT2D eigenvalue weighted by Gasteiger charge is 2.08. The summed E-state index contributed by atoms with van der Waals surface area (Å²) in [6.45, 7) is 5.40. The molecule has 2 N–H and O–H groups in total. The first-order valence-electron chi connectivity index (χ1n) is 4.73. The zero-order chi connectivity index (χ0) is 10.1. The summed E-state index contributed by atoms with van der Waals surface area (Å²) in [6, 6.07) is 0. The lowest BCUT2D eigenvalue weighted by molar-refractivity contribution is 0.0466. The van der Waals surface area contributed by atoms with Crippen LogP contribution >= 0.6 is 11.8 Å². The summed E-state index contributed by atoms with van der Waals surface area (Å²) < 4.78 is 5.47. The number of rotatable bonds is 8. The van der Waals surface area contributed by atoms with E-state index in [-0.39, 0.29) is 6.10 Å². The Morgan fingerprint density at radius 2 is 2.23 bits per heavy atom. The van der Waals surface area contributed by atoms with Crippen LogP contribution in [0.15, 0.2) is 0 Å². The van der Waals surface area contributed by atoms with Crippen LogP contribution in [0.3, 0.4) is 0 Å². The molecule has 80 valence electrons. The predicted molar refractivity (Wildman–Crippen MR) is 60.3 cm³/mol. The third-order valence-electron chi connectivity index (χ3n) is 1.86. The van der Waals surface area contributed by atoms with Gasteiger partial charge in [0.15, 0.2) is 0 Å². The van der Waals surface area contributed by atoms with Gasteiger partial charge in [-0.3, -0.25) is 0 Å². The van der Waals surface area contributed by atoms with E-state index in [0.717, 1.165) is 19.7 Å². The van der Waals surface area contributed by atoms with Gasteiger partial charge in [-0.15, -0.1) is 0 Å². The second-order valence-corrected chi connectivity index (χ2v) is 4.05. The smallest absolute Gasteiger partial charge is 0.0823 e. The zero-order valence-corrected chi connectivity index (χ0v) is 9.77. The average molecular weight is 206 g/mol. The molecule has 0 amide bonds. The van der Waals surface area contributed by atoms with Crippen LogP contribution in [-0.4, -0.2) is 56.3 Å². The molecule has 0 spiro atoms. The van der Waals surface area contributed by atoms with Crippen molar-refractivity contribution in [2.24, 2.45) is 5.73 Å². The van der Waals surface area contributed by atoms with Gasteiger partial charge >= 0.3 is 0 Å². The SMILES string of the molecule is CCOC(CN)CN(C)CCSC. The van der Waals surface area contributed by atoms with Gasteiger partial charge in [-0.1, -0.05) is 0 Å². The summed E-state index contributed by atoms with van der Waals surface area (Å²) in [7, 11) is 2.11. The molecule has 0 saturated carbocycles. The maximum absolute atomic E-state index is 5.58. The summed E-state index contributed by atoms with van der Waals surface area (Å²) >= 11 is 1.86. The van der Waals surface area contributed by atoms with Gasteiger partial charge in [0.1, 0.15) is 0 Å². The lowest BCUT2D eigenvalue weighted by Crippen LogP contribution is -2.37. The molecule has 0 aliphatic rings. The minimum absolute atomic E-state index is 0.192. The summed E-state index contributed by atoms with van der Waals surface area (Å²) in [4.78, 5) is 2.27. The summed E-state index contributed by atoms with van der Waals surface area (Å²) in [5.74, 6) is 1.17. The minimum Gasteiger partial charge on any atom is -0.376 e. The van der Waals surface area contributed by atoms with Gasteiger partial charge in [-0.2, -0.15) is 11.8 Å². The molecular weight excluding hydrogens is 184 g/mol. The number of hydrogen-bond donors (Lipinski definition) is 1. The molecule has 0 heterocycles. The molecule has 0 saturated heterocycles. The van der Waals surface area contributed by atoms with E-state index >= 15 is 0 Å². The number of nitrogens with two attached hydrogens (primary N) is 1. The first-order valence-corrected chi connectivity index (χ1v) is 6.13. The molecule has 0 aliphatic heterocycles. The van der Waals surface area contributed by atoms with Gasteiger partial charge in [0.25, 0.3) is 0 Å². The van der Waals surface area contributed by atoms with Gasteiger partial charge in [-0.25, -0.2) is 0 Å². The first-order chi connectivity index (χ1) is 6.24. The van der Waals surface area contributed by atoms with Gasteiger partial charge in [-0.05, 0) is 20.2 Å². The van der Waals surface area contributed by atoms with Crippen LogP contribution in [0.2, 0.25) is 0 Å². The van der Waals surface area contributed by atoms with E-state index in [4.69, 9.17) is 10.5 Å². The molecule has 1 atom stereocenters. The lowest BCUT2D eigenvalue weighted by Gasteiger charge is -2.22. The molecule has 0 aromatic carbocycles. The fraction of sp³-hybridized carbons (Fsp3) is 1.00. The zero-order valence-electron chi connectivity index (χ0n) is 8.95. The van der Waals surface area contributed by atoms with Crippen LogP contribution in [0.5, 0.6) is 0 Å². The summed E-state index contributed by atoms with van der Waals surface area (Å²) in [5.41, 5.74) is 5.58. The van der Waals surface area contributed by atoms with Crippen LogP contribution in [0.1, 0.15) is 6.92 Å². The highest BCUT2D eigenvalue weighted by atomic mass is 32.2. The number of nitrogens with zero attached hydrogens (tertiary/aromatic N) is 1. The van der Waals surface area contributed by atoms with E-state index in [1.165, 1.54) is 5.75 Å². The Morgan fingerprint density at radius 3 is 2.69 bits per heavy atom. The molecule has 0 radical (unpaired) electrons. The molecule has 0 bridgehead atoms. The van der Waals surface area contributed by atoms with Gasteiger partial charge in [0.05, 0.1) is 6.10 Å². The van der Waals surface area contributed by atoms with E-state index in [1.807, 2.05) is 18.7 Å². The molecule has 0 fully saturated rings. The van der Waals surface area contributed by atoms with Gasteiger partial charge < -0.3 is 15.4 Å². The minimum atomic E-state index is 0.192. The number of likely N-dealkylation sites (N-methyl/N-ethyl adjacent to an activating group) is 1. The van der Waals surface area contributed by atoms with Crippen molar-refractivity contribution in [2.45, 2.75) is 13.0 Å². The van der Waals surface area contributed by atoms with E-state index in [9.17, 15) is 0 Å². The maximum atomic E-state index is 5.58. The molecule has 0 aromatic heterocycles. The van der Waals surface area contributed by atoms with Crippen LogP contribution in [0.4, 0.5) is 0 Å². The average Bonchev–Trinajstić information content (AvgIpc) is 2.14. The van der Waals surface area contributed by atoms with Crippen molar-refractivity contribution in [3.63, 3.8) is 0 Å². The Balaban J connectivity index is 3.53. The largest absolute Gasteiger partial charge is 0.376 e. The van der Waals surface area contributed by atoms with Crippen LogP contribution in [0, 0.1) is 0 Å². The third kappa shape index (κ3) is 7.31. The maximum Gasteiger partial charge on any atom is 0.0823 e. The first kappa shape index (κ1) is 13.2. The predicted octanol–water partition coefficient (Wildman–Crippen LogP) is 0.645. The topological polar surface area (TPSA) is 38.5 Å². The van der Waals surface area contributed by atoms with Crippen LogP contribution in [0.25, 0.3) is 0 Å². The highest BCUT2D eigenvalue weighted by Crippen LogP contribution is 1.97. The van der Waals surface area contributed by atoms with Crippen molar-refractivity contribution in [3.8, 4) is 0 Å². The van der Waals surface area contributed by atoms with E-state index in [2.05, 4.69) is 18.2 Å². The van der Waals surface area contributed by atoms with E-state index in [0.29, 0.717) is 6.54 Å². The molecule has 4 heteroatoms. The fourth-order valence-electron chi connectivity index (χ4n) is 1.12. The molecule has 0 rings (SSSR count). The van der Waals surface area contributed by atoms with Gasteiger partial charge in [0.2, 0.25) is 0 Å². The third-order valence-corrected chi connectivity index (χ3v) is 2.45. The van der Waals surface area contributed by atoms with Crippen molar-refractivity contribution in [1.82, 2.24) is 4.90 Å². The highest BCUT2D eigenvalue weighted by molar-refractivity contribution is 7.98. The summed E-state index contributed by atoms with van der Waals surface area (Å²) in [6.07, 6.45) is 2.31. The molecule has 13 heavy (non-hydrogen) atoms. The molecule has 3 nitrogen and oxygen atoms in total. The number of ether oxygens (including phenoxy) is 1. The summed E-state index contributed by atoms with van der Waals surface area (Å²) in [5, 5.41) is 0. The Morgan fingerprint density at radius 1 is 1.54 bits per heavy atom. The van der Waals surface area contributed by atoms with Crippen molar-refractivity contribution < 1.29 is 4.74 Å². The fourth-order valence-corrected chi connectivity index (χ4v) is 1.61. The van der Waals surface area contributed by atoms with Crippen molar-refractivity contribution in [1.29, 1.82) is 0 Å². The Kier molecular flexibility index (Phi) is 8.97. The normalized spacial score (nSPS) is 13.6. The Bertz CT molecular complexity index is 114. The molecule has 1 unspecified atom stereocenters. The van der Waals surface area contributed by atoms with Crippen molar-refractivity contribution in [3.05, 3.63) is 0 Å². The second kappa shape index (κ2) is 8.81.